The Labute approximate surface area is 201 Å². The van der Waals surface area contributed by atoms with Gasteiger partial charge in [0.1, 0.15) is 11.5 Å². The fourth-order valence-corrected chi connectivity index (χ4v) is 5.23. The molecular weight excluding hydrogens is 428 g/mol. The van der Waals surface area contributed by atoms with Gasteiger partial charge >= 0.3 is 0 Å². The van der Waals surface area contributed by atoms with Gasteiger partial charge in [-0.1, -0.05) is 18.2 Å². The Morgan fingerprint density at radius 1 is 1.03 bits per heavy atom. The molecule has 2 aromatic rings. The molecule has 2 aliphatic heterocycles. The van der Waals surface area contributed by atoms with E-state index in [2.05, 4.69) is 35.3 Å². The zero-order chi connectivity index (χ0) is 24.0. The molecule has 34 heavy (non-hydrogen) atoms. The van der Waals surface area contributed by atoms with E-state index < -0.39 is 0 Å². The number of hydrogen-bond acceptors (Lipinski definition) is 6. The van der Waals surface area contributed by atoms with Crippen molar-refractivity contribution in [3.8, 4) is 0 Å². The zero-order valence-electron chi connectivity index (χ0n) is 20.6. The molecule has 3 heterocycles. The van der Waals surface area contributed by atoms with Crippen LogP contribution in [0.25, 0.3) is 0 Å². The molecule has 0 unspecified atom stereocenters. The summed E-state index contributed by atoms with van der Waals surface area (Å²) < 4.78 is 0. The molecule has 1 N–H and O–H groups in total. The van der Waals surface area contributed by atoms with Crippen LogP contribution in [0.4, 0.5) is 11.8 Å². The summed E-state index contributed by atoms with van der Waals surface area (Å²) in [5.74, 6) is 1.34. The van der Waals surface area contributed by atoms with Gasteiger partial charge in [-0.15, -0.1) is 0 Å². The third-order valence-corrected chi connectivity index (χ3v) is 7.39. The average Bonchev–Trinajstić information content (AvgIpc) is 3.43. The van der Waals surface area contributed by atoms with E-state index >= 15 is 0 Å². The highest BCUT2D eigenvalue weighted by Gasteiger charge is 2.35. The molecule has 3 aliphatic rings. The topological polar surface area (TPSA) is 81.7 Å². The van der Waals surface area contributed by atoms with E-state index in [1.807, 2.05) is 23.6 Å². The number of benzene rings is 1. The van der Waals surface area contributed by atoms with E-state index in [0.29, 0.717) is 44.4 Å². The molecule has 0 spiro atoms. The van der Waals surface area contributed by atoms with Crippen LogP contribution in [0, 0.1) is 0 Å². The Balaban J connectivity index is 1.45. The number of fused-ring (bicyclic) bond motifs is 2. The van der Waals surface area contributed by atoms with Crippen LogP contribution >= 0.6 is 0 Å². The molecule has 0 radical (unpaired) electrons. The number of rotatable bonds is 5. The maximum atomic E-state index is 13.2. The van der Waals surface area contributed by atoms with Crippen LogP contribution in [0.1, 0.15) is 72.9 Å². The number of aromatic nitrogens is 2. The molecule has 1 saturated heterocycles. The Hall–Kier alpha value is -3.16. The monoisotopic (exact) mass is 462 g/mol. The molecule has 8 heteroatoms. The standard InChI is InChI=1S/C26H34N6O2/c1-16(2)32-15-22-23(25(32)34)28-26(31-12-10-30(11-13-31)18(4)33)29-24(22)27-17(3)20-9-8-19-6-5-7-21(19)14-20/h8-9,14,16-17H,5-7,10-13,15H2,1-4H3,(H,27,28,29)/t17-/m1/s1. The lowest BCUT2D eigenvalue weighted by atomic mass is 10.0. The molecule has 8 nitrogen and oxygen atoms in total. The van der Waals surface area contributed by atoms with Crippen LogP contribution in [0.15, 0.2) is 18.2 Å². The quantitative estimate of drug-likeness (QED) is 0.735. The minimum Gasteiger partial charge on any atom is -0.363 e. The van der Waals surface area contributed by atoms with Gasteiger partial charge in [0.25, 0.3) is 5.91 Å². The Bertz CT molecular complexity index is 1120. The van der Waals surface area contributed by atoms with Crippen molar-refractivity contribution in [2.45, 2.75) is 65.6 Å². The number of nitrogens with zero attached hydrogens (tertiary/aromatic N) is 5. The highest BCUT2D eigenvalue weighted by atomic mass is 16.2. The molecule has 180 valence electrons. The van der Waals surface area contributed by atoms with Crippen molar-refractivity contribution in [2.24, 2.45) is 0 Å². The Morgan fingerprint density at radius 3 is 2.47 bits per heavy atom. The van der Waals surface area contributed by atoms with Crippen LogP contribution < -0.4 is 10.2 Å². The highest BCUT2D eigenvalue weighted by Crippen LogP contribution is 2.33. The summed E-state index contributed by atoms with van der Waals surface area (Å²) in [5, 5.41) is 3.62. The van der Waals surface area contributed by atoms with Gasteiger partial charge in [-0.05, 0) is 56.7 Å². The minimum atomic E-state index is -0.0377. The number of piperazine rings is 1. The lowest BCUT2D eigenvalue weighted by Gasteiger charge is -2.34. The summed E-state index contributed by atoms with van der Waals surface area (Å²) in [5.41, 5.74) is 5.51. The number of nitrogens with one attached hydrogen (secondary N) is 1. The summed E-state index contributed by atoms with van der Waals surface area (Å²) in [7, 11) is 0. The maximum absolute atomic E-state index is 13.2. The first-order chi connectivity index (χ1) is 16.3. The summed E-state index contributed by atoms with van der Waals surface area (Å²) in [6, 6.07) is 6.91. The summed E-state index contributed by atoms with van der Waals surface area (Å²) in [4.78, 5) is 40.3. The number of amides is 2. The average molecular weight is 463 g/mol. The predicted octanol–water partition coefficient (Wildman–Crippen LogP) is 3.17. The maximum Gasteiger partial charge on any atom is 0.273 e. The second-order valence-corrected chi connectivity index (χ2v) is 9.97. The van der Waals surface area contributed by atoms with E-state index in [0.717, 1.165) is 17.8 Å². The molecule has 0 bridgehead atoms. The molecular formula is C26H34N6O2. The van der Waals surface area contributed by atoms with Crippen LogP contribution in [0.3, 0.4) is 0 Å². The molecule has 2 amide bonds. The predicted molar refractivity (Wildman–Crippen MR) is 132 cm³/mol. The van der Waals surface area contributed by atoms with Gasteiger partial charge in [0.05, 0.1) is 6.54 Å². The first-order valence-electron chi connectivity index (χ1n) is 12.4. The van der Waals surface area contributed by atoms with Crippen LogP contribution in [-0.2, 0) is 24.2 Å². The van der Waals surface area contributed by atoms with E-state index in [9.17, 15) is 9.59 Å². The molecule has 5 rings (SSSR count). The number of carbonyl (C=O) groups excluding carboxylic acids is 2. The van der Waals surface area contributed by atoms with E-state index in [1.54, 1.807) is 6.92 Å². The number of anilines is 2. The fourth-order valence-electron chi connectivity index (χ4n) is 5.23. The van der Waals surface area contributed by atoms with Crippen molar-refractivity contribution in [1.82, 2.24) is 19.8 Å². The van der Waals surface area contributed by atoms with Gasteiger partial charge in [0.2, 0.25) is 11.9 Å². The van der Waals surface area contributed by atoms with Crippen LogP contribution in [-0.4, -0.2) is 63.8 Å². The third kappa shape index (κ3) is 4.10. The first kappa shape index (κ1) is 22.6. The van der Waals surface area contributed by atoms with Crippen molar-refractivity contribution in [3.05, 3.63) is 46.1 Å². The lowest BCUT2D eigenvalue weighted by molar-refractivity contribution is -0.129. The van der Waals surface area contributed by atoms with Gasteiger partial charge in [-0.25, -0.2) is 4.98 Å². The molecule has 1 fully saturated rings. The molecule has 1 aliphatic carbocycles. The van der Waals surface area contributed by atoms with Crippen molar-refractivity contribution in [2.75, 3.05) is 36.4 Å². The van der Waals surface area contributed by atoms with E-state index in [1.165, 1.54) is 29.5 Å². The molecule has 1 atom stereocenters. The normalized spacial score (nSPS) is 18.4. The molecule has 1 aromatic heterocycles. The number of aryl methyl sites for hydroxylation is 2. The van der Waals surface area contributed by atoms with E-state index in [-0.39, 0.29) is 23.9 Å². The largest absolute Gasteiger partial charge is 0.363 e. The highest BCUT2D eigenvalue weighted by molar-refractivity contribution is 5.98. The lowest BCUT2D eigenvalue weighted by Crippen LogP contribution is -2.48. The van der Waals surface area contributed by atoms with Gasteiger partial charge in [-0.3, -0.25) is 9.59 Å². The summed E-state index contributed by atoms with van der Waals surface area (Å²) in [6.07, 6.45) is 3.55. The van der Waals surface area contributed by atoms with Gasteiger partial charge in [0.15, 0.2) is 0 Å². The van der Waals surface area contributed by atoms with Gasteiger partial charge < -0.3 is 20.0 Å². The summed E-state index contributed by atoms with van der Waals surface area (Å²) >= 11 is 0. The van der Waals surface area contributed by atoms with Crippen molar-refractivity contribution in [3.63, 3.8) is 0 Å². The second kappa shape index (κ2) is 8.89. The van der Waals surface area contributed by atoms with Gasteiger partial charge in [0, 0.05) is 50.7 Å². The Kier molecular flexibility index (Phi) is 5.91. The third-order valence-electron chi connectivity index (χ3n) is 7.39. The number of hydrogen-bond donors (Lipinski definition) is 1. The van der Waals surface area contributed by atoms with E-state index in [4.69, 9.17) is 9.97 Å². The number of carbonyl (C=O) groups is 2. The SMILES string of the molecule is CC(=O)N1CCN(c2nc(N[C@H](C)c3ccc4c(c3)CCC4)c3c(n2)C(=O)N(C(C)C)C3)CC1. The van der Waals surface area contributed by atoms with Crippen molar-refractivity contribution >= 4 is 23.6 Å². The Morgan fingerprint density at radius 2 is 1.76 bits per heavy atom. The van der Waals surface area contributed by atoms with Crippen LogP contribution in [0.2, 0.25) is 0 Å². The first-order valence-corrected chi connectivity index (χ1v) is 12.4. The summed E-state index contributed by atoms with van der Waals surface area (Å²) in [6.45, 7) is 10.9. The smallest absolute Gasteiger partial charge is 0.273 e. The van der Waals surface area contributed by atoms with Crippen molar-refractivity contribution < 1.29 is 9.59 Å². The van der Waals surface area contributed by atoms with Crippen LogP contribution in [0.5, 0.6) is 0 Å². The van der Waals surface area contributed by atoms with Gasteiger partial charge in [-0.2, -0.15) is 4.98 Å². The molecule has 0 saturated carbocycles. The second-order valence-electron chi connectivity index (χ2n) is 9.97. The molecule has 1 aromatic carbocycles. The van der Waals surface area contributed by atoms with Crippen molar-refractivity contribution in [1.29, 1.82) is 0 Å². The fraction of sp³-hybridized carbons (Fsp3) is 0.538. The zero-order valence-corrected chi connectivity index (χ0v) is 20.6. The minimum absolute atomic E-state index is 0.0377.